The first-order valence-electron chi connectivity index (χ1n) is 7.61. The van der Waals surface area contributed by atoms with Crippen LogP contribution in [0.5, 0.6) is 0 Å². The lowest BCUT2D eigenvalue weighted by Gasteiger charge is -2.16. The first-order valence-corrected chi connectivity index (χ1v) is 7.61. The molecule has 2 heterocycles. The molecule has 0 unspecified atom stereocenters. The molecule has 0 atom stereocenters. The molecule has 0 aromatic carbocycles. The number of carbonyl (C=O) groups is 1. The zero-order chi connectivity index (χ0) is 15.4. The Hall–Kier alpha value is -2.21. The lowest BCUT2D eigenvalue weighted by Crippen LogP contribution is -2.34. The lowest BCUT2D eigenvalue weighted by molar-refractivity contribution is -0.122. The number of aryl methyl sites for hydroxylation is 1. The van der Waals surface area contributed by atoms with Gasteiger partial charge in [0.25, 0.3) is 0 Å². The SMILES string of the molecule is CN(CC(=O)NCc1n[nH]c2c1CCC2)Cc1cccnc1. The molecule has 22 heavy (non-hydrogen) atoms. The van der Waals surface area contributed by atoms with Crippen molar-refractivity contribution in [2.45, 2.75) is 32.4 Å². The van der Waals surface area contributed by atoms with E-state index in [1.807, 2.05) is 30.3 Å². The molecule has 116 valence electrons. The van der Waals surface area contributed by atoms with Gasteiger partial charge in [0.2, 0.25) is 5.91 Å². The number of amides is 1. The summed E-state index contributed by atoms with van der Waals surface area (Å²) in [4.78, 5) is 18.1. The Morgan fingerprint density at radius 3 is 3.18 bits per heavy atom. The second kappa shape index (κ2) is 6.70. The molecule has 0 spiro atoms. The summed E-state index contributed by atoms with van der Waals surface area (Å²) in [5.74, 6) is 0.0149. The number of nitrogens with zero attached hydrogens (tertiary/aromatic N) is 3. The molecule has 1 aliphatic carbocycles. The second-order valence-corrected chi connectivity index (χ2v) is 5.79. The maximum atomic E-state index is 12.0. The molecule has 2 aromatic rings. The van der Waals surface area contributed by atoms with E-state index in [1.54, 1.807) is 6.20 Å². The number of carbonyl (C=O) groups excluding carboxylic acids is 1. The summed E-state index contributed by atoms with van der Waals surface area (Å²) in [5, 5.41) is 10.3. The summed E-state index contributed by atoms with van der Waals surface area (Å²) >= 11 is 0. The van der Waals surface area contributed by atoms with E-state index in [0.29, 0.717) is 19.6 Å². The minimum Gasteiger partial charge on any atom is -0.349 e. The molecule has 0 bridgehead atoms. The minimum absolute atomic E-state index is 0.0149. The highest BCUT2D eigenvalue weighted by atomic mass is 16.2. The van der Waals surface area contributed by atoms with Gasteiger partial charge in [0.1, 0.15) is 0 Å². The van der Waals surface area contributed by atoms with Crippen LogP contribution in [0, 0.1) is 0 Å². The average molecular weight is 299 g/mol. The number of likely N-dealkylation sites (N-methyl/N-ethyl adjacent to an activating group) is 1. The van der Waals surface area contributed by atoms with E-state index in [4.69, 9.17) is 0 Å². The van der Waals surface area contributed by atoms with E-state index in [9.17, 15) is 4.79 Å². The summed E-state index contributed by atoms with van der Waals surface area (Å²) in [6, 6.07) is 3.91. The van der Waals surface area contributed by atoms with Crippen LogP contribution >= 0.6 is 0 Å². The predicted molar refractivity (Wildman–Crippen MR) is 83.0 cm³/mol. The van der Waals surface area contributed by atoms with Gasteiger partial charge in [-0.15, -0.1) is 0 Å². The molecule has 1 aliphatic rings. The third-order valence-electron chi connectivity index (χ3n) is 3.93. The van der Waals surface area contributed by atoms with Gasteiger partial charge in [-0.1, -0.05) is 6.07 Å². The fourth-order valence-corrected chi connectivity index (χ4v) is 2.88. The van der Waals surface area contributed by atoms with Crippen LogP contribution in [0.3, 0.4) is 0 Å². The third kappa shape index (κ3) is 3.51. The summed E-state index contributed by atoms with van der Waals surface area (Å²) in [5.41, 5.74) is 4.61. The Labute approximate surface area is 129 Å². The van der Waals surface area contributed by atoms with Crippen LogP contribution in [-0.4, -0.2) is 39.6 Å². The van der Waals surface area contributed by atoms with Gasteiger partial charge in [0.05, 0.1) is 18.8 Å². The van der Waals surface area contributed by atoms with Crippen molar-refractivity contribution < 1.29 is 4.79 Å². The van der Waals surface area contributed by atoms with Gasteiger partial charge in [-0.3, -0.25) is 19.8 Å². The van der Waals surface area contributed by atoms with E-state index in [1.165, 1.54) is 17.7 Å². The molecule has 0 saturated heterocycles. The molecule has 3 rings (SSSR count). The van der Waals surface area contributed by atoms with Gasteiger partial charge >= 0.3 is 0 Å². The molecule has 0 radical (unpaired) electrons. The van der Waals surface area contributed by atoms with Crippen LogP contribution < -0.4 is 5.32 Å². The molecule has 6 heteroatoms. The summed E-state index contributed by atoms with van der Waals surface area (Å²) in [6.45, 7) is 1.58. The molecular formula is C16H21N5O. The van der Waals surface area contributed by atoms with Gasteiger partial charge in [0, 0.05) is 24.6 Å². The normalized spacial score (nSPS) is 13.4. The number of aromatic amines is 1. The Balaban J connectivity index is 1.46. The standard InChI is InChI=1S/C16H21N5O/c1-21(10-12-4-3-7-17-8-12)11-16(22)18-9-15-13-5-2-6-14(13)19-20-15/h3-4,7-8H,2,5-6,9-11H2,1H3,(H,18,22)(H,19,20). The lowest BCUT2D eigenvalue weighted by atomic mass is 10.2. The number of pyridine rings is 1. The Bertz CT molecular complexity index is 637. The number of H-pyrrole nitrogens is 1. The Kier molecular flexibility index (Phi) is 4.48. The van der Waals surface area contributed by atoms with Crippen molar-refractivity contribution in [2.75, 3.05) is 13.6 Å². The monoisotopic (exact) mass is 299 g/mol. The molecular weight excluding hydrogens is 278 g/mol. The van der Waals surface area contributed by atoms with E-state index in [2.05, 4.69) is 20.5 Å². The van der Waals surface area contributed by atoms with Crippen molar-refractivity contribution in [3.05, 3.63) is 47.0 Å². The van der Waals surface area contributed by atoms with Crippen molar-refractivity contribution in [3.63, 3.8) is 0 Å². The molecule has 2 N–H and O–H groups in total. The predicted octanol–water partition coefficient (Wildman–Crippen LogP) is 1.04. The number of fused-ring (bicyclic) bond motifs is 1. The number of hydrogen-bond acceptors (Lipinski definition) is 4. The number of aromatic nitrogens is 3. The van der Waals surface area contributed by atoms with Crippen LogP contribution in [-0.2, 0) is 30.7 Å². The van der Waals surface area contributed by atoms with Gasteiger partial charge in [-0.05, 0) is 43.5 Å². The highest BCUT2D eigenvalue weighted by Crippen LogP contribution is 2.22. The van der Waals surface area contributed by atoms with Gasteiger partial charge in [-0.25, -0.2) is 0 Å². The van der Waals surface area contributed by atoms with Gasteiger partial charge in [-0.2, -0.15) is 5.10 Å². The zero-order valence-corrected chi connectivity index (χ0v) is 12.8. The highest BCUT2D eigenvalue weighted by Gasteiger charge is 2.18. The topological polar surface area (TPSA) is 73.9 Å². The molecule has 0 saturated carbocycles. The molecule has 2 aromatic heterocycles. The van der Waals surface area contributed by atoms with E-state index in [0.717, 1.165) is 24.1 Å². The van der Waals surface area contributed by atoms with Crippen LogP contribution in [0.15, 0.2) is 24.5 Å². The zero-order valence-electron chi connectivity index (χ0n) is 12.8. The molecule has 6 nitrogen and oxygen atoms in total. The second-order valence-electron chi connectivity index (χ2n) is 5.79. The summed E-state index contributed by atoms with van der Waals surface area (Å²) < 4.78 is 0. The van der Waals surface area contributed by atoms with Crippen molar-refractivity contribution in [3.8, 4) is 0 Å². The molecule has 0 aliphatic heterocycles. The fraction of sp³-hybridized carbons (Fsp3) is 0.438. The maximum absolute atomic E-state index is 12.0. The summed E-state index contributed by atoms with van der Waals surface area (Å²) in [7, 11) is 1.93. The highest BCUT2D eigenvalue weighted by molar-refractivity contribution is 5.77. The van der Waals surface area contributed by atoms with E-state index >= 15 is 0 Å². The Morgan fingerprint density at radius 1 is 1.45 bits per heavy atom. The average Bonchev–Trinajstić information content (AvgIpc) is 3.09. The number of nitrogens with one attached hydrogen (secondary N) is 2. The van der Waals surface area contributed by atoms with Crippen LogP contribution in [0.4, 0.5) is 0 Å². The van der Waals surface area contributed by atoms with Crippen LogP contribution in [0.25, 0.3) is 0 Å². The fourth-order valence-electron chi connectivity index (χ4n) is 2.88. The van der Waals surface area contributed by atoms with Crippen molar-refractivity contribution in [1.29, 1.82) is 0 Å². The first-order chi connectivity index (χ1) is 10.7. The maximum Gasteiger partial charge on any atom is 0.234 e. The van der Waals surface area contributed by atoms with E-state index < -0.39 is 0 Å². The first kappa shape index (κ1) is 14.7. The van der Waals surface area contributed by atoms with Crippen molar-refractivity contribution in [2.24, 2.45) is 0 Å². The Morgan fingerprint density at radius 2 is 2.36 bits per heavy atom. The summed E-state index contributed by atoms with van der Waals surface area (Å²) in [6.07, 6.45) is 6.89. The quantitative estimate of drug-likeness (QED) is 0.836. The van der Waals surface area contributed by atoms with Crippen molar-refractivity contribution in [1.82, 2.24) is 25.4 Å². The van der Waals surface area contributed by atoms with Crippen molar-refractivity contribution >= 4 is 5.91 Å². The van der Waals surface area contributed by atoms with Gasteiger partial charge < -0.3 is 5.32 Å². The third-order valence-corrected chi connectivity index (χ3v) is 3.93. The molecule has 1 amide bonds. The number of hydrogen-bond donors (Lipinski definition) is 2. The largest absolute Gasteiger partial charge is 0.349 e. The smallest absolute Gasteiger partial charge is 0.234 e. The van der Waals surface area contributed by atoms with E-state index in [-0.39, 0.29) is 5.91 Å². The molecule has 0 fully saturated rings. The van der Waals surface area contributed by atoms with Crippen LogP contribution in [0.1, 0.15) is 28.9 Å². The number of rotatable bonds is 6. The minimum atomic E-state index is 0.0149. The van der Waals surface area contributed by atoms with Crippen LogP contribution in [0.2, 0.25) is 0 Å². The van der Waals surface area contributed by atoms with Gasteiger partial charge in [0.15, 0.2) is 0 Å².